The number of rotatable bonds is 8. The number of nitrogens with one attached hydrogen (secondary N) is 3. The summed E-state index contributed by atoms with van der Waals surface area (Å²) in [5.74, 6) is 2.36. The monoisotopic (exact) mass is 486 g/mol. The zero-order valence-electron chi connectivity index (χ0n) is 18.9. The molecular weight excluding hydrogens is 459 g/mol. The number of ether oxygens (including phenoxy) is 1. The normalized spacial score (nSPS) is 13.7. The second kappa shape index (κ2) is 10.9. The van der Waals surface area contributed by atoms with E-state index in [1.807, 2.05) is 49.7 Å². The quantitative estimate of drug-likeness (QED) is 0.381. The molecule has 0 bridgehead atoms. The molecule has 0 amide bonds. The van der Waals surface area contributed by atoms with Crippen molar-refractivity contribution in [2.45, 2.75) is 0 Å². The summed E-state index contributed by atoms with van der Waals surface area (Å²) in [5, 5.41) is 10.3. The van der Waals surface area contributed by atoms with Gasteiger partial charge >= 0.3 is 0 Å². The molecule has 1 saturated heterocycles. The highest BCUT2D eigenvalue weighted by molar-refractivity contribution is 7.51. The van der Waals surface area contributed by atoms with Gasteiger partial charge in [-0.15, -0.1) is 0 Å². The molecule has 0 radical (unpaired) electrons. The Labute approximate surface area is 200 Å². The fourth-order valence-electron chi connectivity index (χ4n) is 3.51. The van der Waals surface area contributed by atoms with Crippen LogP contribution in [0.1, 0.15) is 0 Å². The van der Waals surface area contributed by atoms with Crippen LogP contribution >= 0.6 is 19.7 Å². The molecule has 1 aliphatic rings. The Morgan fingerprint density at radius 2 is 1.79 bits per heavy atom. The molecular formula is C23H28ClN6O2P. The van der Waals surface area contributed by atoms with E-state index in [4.69, 9.17) is 20.9 Å². The summed E-state index contributed by atoms with van der Waals surface area (Å²) >= 11 is 6.39. The Bertz CT molecular complexity index is 1090. The minimum atomic E-state index is -0.567. The SMILES string of the molecule is COc1cc(N2CCNCC2)ccc1Nc1ncc(Cl)c(Nc2ccccc2OP(C)C)n1. The minimum Gasteiger partial charge on any atom is -0.494 e. The van der Waals surface area contributed by atoms with Crippen molar-refractivity contribution in [1.29, 1.82) is 0 Å². The number of hydrogen-bond acceptors (Lipinski definition) is 8. The average molecular weight is 487 g/mol. The summed E-state index contributed by atoms with van der Waals surface area (Å²) in [7, 11) is 1.09. The van der Waals surface area contributed by atoms with Crippen molar-refractivity contribution in [3.63, 3.8) is 0 Å². The number of piperazine rings is 1. The van der Waals surface area contributed by atoms with Crippen LogP contribution in [0.25, 0.3) is 0 Å². The Balaban J connectivity index is 1.55. The minimum absolute atomic E-state index is 0.404. The van der Waals surface area contributed by atoms with Crippen molar-refractivity contribution in [3.05, 3.63) is 53.7 Å². The van der Waals surface area contributed by atoms with E-state index in [1.54, 1.807) is 13.3 Å². The van der Waals surface area contributed by atoms with E-state index in [0.29, 0.717) is 16.8 Å². The molecule has 4 rings (SSSR count). The van der Waals surface area contributed by atoms with Gasteiger partial charge in [-0.3, -0.25) is 0 Å². The van der Waals surface area contributed by atoms with E-state index in [0.717, 1.165) is 54.7 Å². The smallest absolute Gasteiger partial charge is 0.229 e. The Hall–Kier alpha value is -2.80. The fraction of sp³-hybridized carbons (Fsp3) is 0.304. The van der Waals surface area contributed by atoms with Gasteiger partial charge in [0.15, 0.2) is 5.82 Å². The highest BCUT2D eigenvalue weighted by atomic mass is 35.5. The van der Waals surface area contributed by atoms with Crippen LogP contribution in [0.5, 0.6) is 11.5 Å². The third-order valence-electron chi connectivity index (χ3n) is 5.08. The maximum absolute atomic E-state index is 6.39. The molecule has 0 saturated carbocycles. The highest BCUT2D eigenvalue weighted by Crippen LogP contribution is 2.37. The van der Waals surface area contributed by atoms with Crippen LogP contribution in [-0.4, -0.2) is 56.6 Å². The van der Waals surface area contributed by atoms with Gasteiger partial charge in [0.2, 0.25) is 5.95 Å². The predicted molar refractivity (Wildman–Crippen MR) is 138 cm³/mol. The van der Waals surface area contributed by atoms with Crippen molar-refractivity contribution in [1.82, 2.24) is 15.3 Å². The number of aromatic nitrogens is 2. The van der Waals surface area contributed by atoms with Crippen LogP contribution in [0.3, 0.4) is 0 Å². The Morgan fingerprint density at radius 3 is 2.55 bits per heavy atom. The summed E-state index contributed by atoms with van der Waals surface area (Å²) in [6.07, 6.45) is 1.57. The van der Waals surface area contributed by atoms with E-state index >= 15 is 0 Å². The van der Waals surface area contributed by atoms with Gasteiger partial charge in [-0.25, -0.2) is 4.98 Å². The molecule has 1 aromatic heterocycles. The van der Waals surface area contributed by atoms with Gasteiger partial charge in [0, 0.05) is 37.9 Å². The van der Waals surface area contributed by atoms with Crippen molar-refractivity contribution in [3.8, 4) is 11.5 Å². The number of hydrogen-bond donors (Lipinski definition) is 3. The summed E-state index contributed by atoms with van der Waals surface area (Å²) in [6, 6.07) is 13.8. The first-order chi connectivity index (χ1) is 16.0. The molecule has 174 valence electrons. The molecule has 0 aliphatic carbocycles. The number of nitrogens with zero attached hydrogens (tertiary/aromatic N) is 3. The first-order valence-electron chi connectivity index (χ1n) is 10.7. The van der Waals surface area contributed by atoms with Crippen LogP contribution in [0.15, 0.2) is 48.7 Å². The number of halogens is 1. The second-order valence-corrected chi connectivity index (χ2v) is 9.88. The lowest BCUT2D eigenvalue weighted by molar-refractivity contribution is 0.416. The fourth-order valence-corrected chi connectivity index (χ4v) is 4.20. The van der Waals surface area contributed by atoms with E-state index in [2.05, 4.69) is 36.9 Å². The zero-order valence-corrected chi connectivity index (χ0v) is 20.6. The summed E-state index contributed by atoms with van der Waals surface area (Å²) < 4.78 is 11.6. The van der Waals surface area contributed by atoms with Gasteiger partial charge in [0.05, 0.1) is 32.8 Å². The largest absolute Gasteiger partial charge is 0.494 e. The maximum atomic E-state index is 6.39. The van der Waals surface area contributed by atoms with Crippen molar-refractivity contribution < 1.29 is 9.26 Å². The number of methoxy groups -OCH3 is 1. The maximum Gasteiger partial charge on any atom is 0.229 e. The van der Waals surface area contributed by atoms with Crippen molar-refractivity contribution in [2.24, 2.45) is 0 Å². The second-order valence-electron chi connectivity index (χ2n) is 7.66. The van der Waals surface area contributed by atoms with Crippen LogP contribution in [0, 0.1) is 0 Å². The van der Waals surface area contributed by atoms with Crippen LogP contribution < -0.4 is 30.1 Å². The van der Waals surface area contributed by atoms with E-state index < -0.39 is 8.15 Å². The van der Waals surface area contributed by atoms with E-state index in [9.17, 15) is 0 Å². The highest BCUT2D eigenvalue weighted by Gasteiger charge is 2.15. The molecule has 2 aromatic carbocycles. The third kappa shape index (κ3) is 5.96. The zero-order chi connectivity index (χ0) is 23.2. The van der Waals surface area contributed by atoms with Gasteiger partial charge in [-0.05, 0) is 37.6 Å². The van der Waals surface area contributed by atoms with Gasteiger partial charge < -0.3 is 30.1 Å². The lowest BCUT2D eigenvalue weighted by Crippen LogP contribution is -2.43. The number of benzene rings is 2. The van der Waals surface area contributed by atoms with Crippen LogP contribution in [-0.2, 0) is 0 Å². The summed E-state index contributed by atoms with van der Waals surface area (Å²) in [4.78, 5) is 11.3. The van der Waals surface area contributed by atoms with Crippen molar-refractivity contribution in [2.75, 3.05) is 62.2 Å². The Morgan fingerprint density at radius 1 is 1.03 bits per heavy atom. The number of anilines is 5. The first kappa shape index (κ1) is 23.4. The molecule has 1 fully saturated rings. The lowest BCUT2D eigenvalue weighted by atomic mass is 10.2. The van der Waals surface area contributed by atoms with Gasteiger partial charge in [-0.2, -0.15) is 4.98 Å². The average Bonchev–Trinajstić information content (AvgIpc) is 2.83. The van der Waals surface area contributed by atoms with Gasteiger partial charge in [0.1, 0.15) is 16.5 Å². The molecule has 3 N–H and O–H groups in total. The summed E-state index contributed by atoms with van der Waals surface area (Å²) in [6.45, 7) is 7.98. The topological polar surface area (TPSA) is 83.6 Å². The molecule has 8 nitrogen and oxygen atoms in total. The van der Waals surface area contributed by atoms with Crippen LogP contribution in [0.4, 0.5) is 28.8 Å². The molecule has 0 spiro atoms. The van der Waals surface area contributed by atoms with Crippen molar-refractivity contribution >= 4 is 48.6 Å². The van der Waals surface area contributed by atoms with Gasteiger partial charge in [-0.1, -0.05) is 23.7 Å². The molecule has 33 heavy (non-hydrogen) atoms. The van der Waals surface area contributed by atoms with E-state index in [1.165, 1.54) is 0 Å². The summed E-state index contributed by atoms with van der Waals surface area (Å²) in [5.41, 5.74) is 2.69. The standard InChI is InChI=1S/C23H28ClN6O2P/c1-31-21-14-16(30-12-10-25-11-13-30)8-9-19(21)28-23-26-15-17(24)22(29-23)27-18-6-4-5-7-20(18)32-33(2)3/h4-9,14-15,25H,10-13H2,1-3H3,(H2,26,27,28,29). The molecule has 2 heterocycles. The first-order valence-corrected chi connectivity index (χ1v) is 13.2. The number of para-hydroxylation sites is 2. The lowest BCUT2D eigenvalue weighted by Gasteiger charge is -2.30. The van der Waals surface area contributed by atoms with E-state index in [-0.39, 0.29) is 0 Å². The third-order valence-corrected chi connectivity index (χ3v) is 5.92. The van der Waals surface area contributed by atoms with Gasteiger partial charge in [0.25, 0.3) is 0 Å². The predicted octanol–water partition coefficient (Wildman–Crippen LogP) is 5.07. The molecule has 1 aliphatic heterocycles. The molecule has 3 aromatic rings. The Kier molecular flexibility index (Phi) is 7.70. The molecule has 0 unspecified atom stereocenters. The van der Waals surface area contributed by atoms with Crippen LogP contribution in [0.2, 0.25) is 5.02 Å². The molecule has 0 atom stereocenters. The molecule has 10 heteroatoms.